The van der Waals surface area contributed by atoms with Crippen molar-refractivity contribution in [1.29, 1.82) is 0 Å². The van der Waals surface area contributed by atoms with Crippen molar-refractivity contribution in [2.75, 3.05) is 6.61 Å². The van der Waals surface area contributed by atoms with E-state index < -0.39 is 0 Å². The molecule has 94 valence electrons. The molecule has 0 saturated heterocycles. The van der Waals surface area contributed by atoms with Crippen LogP contribution in [0.3, 0.4) is 0 Å². The lowest BCUT2D eigenvalue weighted by atomic mass is 9.75. The van der Waals surface area contributed by atoms with Crippen molar-refractivity contribution in [1.82, 2.24) is 0 Å². The van der Waals surface area contributed by atoms with Crippen LogP contribution >= 0.6 is 0 Å². The van der Waals surface area contributed by atoms with Gasteiger partial charge in [0, 0.05) is 12.3 Å². The fourth-order valence-electron chi connectivity index (χ4n) is 4.71. The quantitative estimate of drug-likeness (QED) is 0.691. The Morgan fingerprint density at radius 3 is 3.12 bits per heavy atom. The first-order valence-electron chi connectivity index (χ1n) is 6.86. The Hall–Kier alpha value is -0.860. The van der Waals surface area contributed by atoms with Gasteiger partial charge in [-0.05, 0) is 43.9 Å². The zero-order chi connectivity index (χ0) is 12.0. The lowest BCUT2D eigenvalue weighted by molar-refractivity contribution is -0.148. The van der Waals surface area contributed by atoms with Gasteiger partial charge in [0.25, 0.3) is 0 Å². The Labute approximate surface area is 102 Å². The summed E-state index contributed by atoms with van der Waals surface area (Å²) in [6.45, 7) is 2.32. The highest BCUT2D eigenvalue weighted by Gasteiger charge is 2.61. The van der Waals surface area contributed by atoms with Gasteiger partial charge in [0.2, 0.25) is 0 Å². The van der Waals surface area contributed by atoms with Crippen LogP contribution in [0.15, 0.2) is 0 Å². The standard InChI is InChI=1S/C14H20O3/c1-2-17-13(16)9-6-10-7-12(15)11-4-3-5-14(10,11)8-9/h9-11H,2-8H2,1H3/t9-,10+,11+,14+/m0/s1. The molecule has 0 unspecified atom stereocenters. The van der Waals surface area contributed by atoms with Crippen molar-refractivity contribution in [3.05, 3.63) is 0 Å². The third-order valence-electron chi connectivity index (χ3n) is 5.29. The van der Waals surface area contributed by atoms with Gasteiger partial charge < -0.3 is 4.74 Å². The van der Waals surface area contributed by atoms with Gasteiger partial charge in [0.1, 0.15) is 5.78 Å². The summed E-state index contributed by atoms with van der Waals surface area (Å²) in [5.74, 6) is 1.24. The molecule has 3 aliphatic rings. The summed E-state index contributed by atoms with van der Waals surface area (Å²) in [7, 11) is 0. The summed E-state index contributed by atoms with van der Waals surface area (Å²) in [6.07, 6.45) is 5.91. The van der Waals surface area contributed by atoms with E-state index in [0.29, 0.717) is 18.3 Å². The Morgan fingerprint density at radius 2 is 2.35 bits per heavy atom. The molecule has 17 heavy (non-hydrogen) atoms. The fourth-order valence-corrected chi connectivity index (χ4v) is 4.71. The predicted molar refractivity (Wildman–Crippen MR) is 62.2 cm³/mol. The van der Waals surface area contributed by atoms with Crippen molar-refractivity contribution in [3.8, 4) is 0 Å². The van der Waals surface area contributed by atoms with Crippen LogP contribution in [-0.2, 0) is 14.3 Å². The van der Waals surface area contributed by atoms with Crippen molar-refractivity contribution in [2.24, 2.45) is 23.2 Å². The second-order valence-corrected chi connectivity index (χ2v) is 5.93. The molecule has 4 atom stereocenters. The molecule has 0 radical (unpaired) electrons. The van der Waals surface area contributed by atoms with Crippen LogP contribution in [-0.4, -0.2) is 18.4 Å². The van der Waals surface area contributed by atoms with Crippen molar-refractivity contribution < 1.29 is 14.3 Å². The molecule has 3 fully saturated rings. The van der Waals surface area contributed by atoms with Gasteiger partial charge in [0.15, 0.2) is 0 Å². The first kappa shape index (κ1) is 11.2. The van der Waals surface area contributed by atoms with Gasteiger partial charge in [-0.2, -0.15) is 0 Å². The summed E-state index contributed by atoms with van der Waals surface area (Å²) in [5, 5.41) is 0. The Morgan fingerprint density at radius 1 is 1.53 bits per heavy atom. The number of hydrogen-bond acceptors (Lipinski definition) is 3. The van der Waals surface area contributed by atoms with Crippen molar-refractivity contribution in [3.63, 3.8) is 0 Å². The van der Waals surface area contributed by atoms with Gasteiger partial charge in [-0.25, -0.2) is 0 Å². The molecule has 0 aromatic carbocycles. The Bertz CT molecular complexity index is 362. The molecule has 0 aromatic heterocycles. The number of carbonyl (C=O) groups is 2. The van der Waals surface area contributed by atoms with Crippen molar-refractivity contribution in [2.45, 2.75) is 45.4 Å². The van der Waals surface area contributed by atoms with E-state index in [1.54, 1.807) is 0 Å². The van der Waals surface area contributed by atoms with E-state index in [9.17, 15) is 9.59 Å². The maximum Gasteiger partial charge on any atom is 0.308 e. The Balaban J connectivity index is 1.79. The maximum absolute atomic E-state index is 12.0. The van der Waals surface area contributed by atoms with Crippen LogP contribution in [0.25, 0.3) is 0 Å². The molecule has 0 heterocycles. The minimum Gasteiger partial charge on any atom is -0.466 e. The van der Waals surface area contributed by atoms with E-state index in [1.165, 1.54) is 6.42 Å². The molecule has 0 aliphatic heterocycles. The van der Waals surface area contributed by atoms with E-state index in [1.807, 2.05) is 6.92 Å². The average Bonchev–Trinajstić information content (AvgIpc) is 2.90. The number of hydrogen-bond donors (Lipinski definition) is 0. The largest absolute Gasteiger partial charge is 0.466 e. The smallest absolute Gasteiger partial charge is 0.308 e. The van der Waals surface area contributed by atoms with Gasteiger partial charge >= 0.3 is 5.97 Å². The molecular formula is C14H20O3. The van der Waals surface area contributed by atoms with Crippen LogP contribution < -0.4 is 0 Å². The molecule has 3 aliphatic carbocycles. The first-order valence-corrected chi connectivity index (χ1v) is 6.86. The molecule has 3 nitrogen and oxygen atoms in total. The van der Waals surface area contributed by atoms with E-state index in [-0.39, 0.29) is 23.2 Å². The molecule has 3 saturated carbocycles. The maximum atomic E-state index is 12.0. The summed E-state index contributed by atoms with van der Waals surface area (Å²) in [4.78, 5) is 23.8. The predicted octanol–water partition coefficient (Wildman–Crippen LogP) is 2.33. The third kappa shape index (κ3) is 1.47. The zero-order valence-electron chi connectivity index (χ0n) is 10.4. The number of ketones is 1. The molecule has 3 heteroatoms. The van der Waals surface area contributed by atoms with Gasteiger partial charge in [-0.3, -0.25) is 9.59 Å². The van der Waals surface area contributed by atoms with Crippen LogP contribution in [0.5, 0.6) is 0 Å². The summed E-state index contributed by atoms with van der Waals surface area (Å²) in [5.41, 5.74) is 0.189. The van der Waals surface area contributed by atoms with E-state index in [4.69, 9.17) is 4.74 Å². The topological polar surface area (TPSA) is 43.4 Å². The summed E-state index contributed by atoms with van der Waals surface area (Å²) < 4.78 is 5.14. The van der Waals surface area contributed by atoms with Gasteiger partial charge in [0.05, 0.1) is 12.5 Å². The SMILES string of the molecule is CCOC(=O)[C@H]1C[C@@H]2CC(=O)[C@H]3CCC[C@@]23C1. The minimum absolute atomic E-state index is 0.0330. The molecular weight excluding hydrogens is 216 g/mol. The number of rotatable bonds is 2. The molecule has 3 rings (SSSR count). The number of ether oxygens (including phenoxy) is 1. The highest BCUT2D eigenvalue weighted by molar-refractivity contribution is 5.86. The Kier molecular flexibility index (Phi) is 2.53. The molecule has 0 bridgehead atoms. The highest BCUT2D eigenvalue weighted by atomic mass is 16.5. The molecule has 0 N–H and O–H groups in total. The number of carbonyl (C=O) groups excluding carboxylic acids is 2. The normalized spacial score (nSPS) is 43.6. The van der Waals surface area contributed by atoms with Crippen LogP contribution in [0.1, 0.15) is 45.4 Å². The lowest BCUT2D eigenvalue weighted by Crippen LogP contribution is -2.26. The minimum atomic E-state index is -0.0330. The lowest BCUT2D eigenvalue weighted by Gasteiger charge is -2.28. The first-order chi connectivity index (χ1) is 8.17. The number of esters is 1. The fraction of sp³-hybridized carbons (Fsp3) is 0.857. The van der Waals surface area contributed by atoms with Crippen LogP contribution in [0.4, 0.5) is 0 Å². The second kappa shape index (κ2) is 3.82. The molecule has 1 spiro atoms. The zero-order valence-corrected chi connectivity index (χ0v) is 10.4. The van der Waals surface area contributed by atoms with Crippen molar-refractivity contribution >= 4 is 11.8 Å². The van der Waals surface area contributed by atoms with E-state index in [0.717, 1.165) is 32.1 Å². The molecule has 0 amide bonds. The van der Waals surface area contributed by atoms with E-state index in [2.05, 4.69) is 0 Å². The van der Waals surface area contributed by atoms with Gasteiger partial charge in [-0.15, -0.1) is 0 Å². The summed E-state index contributed by atoms with van der Waals surface area (Å²) >= 11 is 0. The van der Waals surface area contributed by atoms with Crippen LogP contribution in [0.2, 0.25) is 0 Å². The highest BCUT2D eigenvalue weighted by Crippen LogP contribution is 2.64. The van der Waals surface area contributed by atoms with Gasteiger partial charge in [-0.1, -0.05) is 6.42 Å². The number of Topliss-reactive ketones (excluding diaryl/α,β-unsaturated/α-hetero) is 1. The summed E-state index contributed by atoms with van der Waals surface area (Å²) in [6, 6.07) is 0. The third-order valence-corrected chi connectivity index (χ3v) is 5.29. The second-order valence-electron chi connectivity index (χ2n) is 5.93. The average molecular weight is 236 g/mol. The monoisotopic (exact) mass is 236 g/mol. The molecule has 0 aromatic rings. The van der Waals surface area contributed by atoms with E-state index >= 15 is 0 Å². The van der Waals surface area contributed by atoms with Crippen LogP contribution in [0, 0.1) is 23.2 Å².